The zero-order chi connectivity index (χ0) is 11.1. The number of rotatable bonds is 0. The zero-order valence-corrected chi connectivity index (χ0v) is 11.0. The van der Waals surface area contributed by atoms with Gasteiger partial charge in [0.2, 0.25) is 0 Å². The van der Waals surface area contributed by atoms with Gasteiger partial charge in [-0.15, -0.1) is 11.8 Å². The van der Waals surface area contributed by atoms with E-state index in [9.17, 15) is 4.55 Å². The number of benzene rings is 1. The van der Waals surface area contributed by atoms with E-state index in [-0.39, 0.29) is 5.41 Å². The minimum absolute atomic E-state index is 0.175. The molecule has 82 valence electrons. The average Bonchev–Trinajstić information content (AvgIpc) is 2.16. The van der Waals surface area contributed by atoms with E-state index in [1.807, 2.05) is 17.8 Å². The molecule has 1 nitrogen and oxygen atoms in total. The largest absolute Gasteiger partial charge is 0.611 e. The predicted octanol–water partition coefficient (Wildman–Crippen LogP) is 3.20. The van der Waals surface area contributed by atoms with Crippen molar-refractivity contribution in [2.75, 3.05) is 11.5 Å². The SMILES string of the molecule is CC(C)(C)c1ccc2c(c1)SCC[S+]2[O-]. The molecule has 0 bridgehead atoms. The Balaban J connectivity index is 2.42. The Hall–Kier alpha value is -0.120. The molecular formula is C12H16OS2. The smallest absolute Gasteiger partial charge is 0.166 e. The van der Waals surface area contributed by atoms with Crippen LogP contribution in [-0.4, -0.2) is 16.1 Å². The number of fused-ring (bicyclic) bond motifs is 1. The number of thioether (sulfide) groups is 1. The Morgan fingerprint density at radius 1 is 1.33 bits per heavy atom. The molecule has 0 fully saturated rings. The monoisotopic (exact) mass is 240 g/mol. The molecule has 1 unspecified atom stereocenters. The van der Waals surface area contributed by atoms with Gasteiger partial charge in [-0.3, -0.25) is 0 Å². The summed E-state index contributed by atoms with van der Waals surface area (Å²) in [5.41, 5.74) is 1.50. The highest BCUT2D eigenvalue weighted by molar-refractivity contribution is 8.02. The second-order valence-electron chi connectivity index (χ2n) is 4.81. The topological polar surface area (TPSA) is 23.1 Å². The van der Waals surface area contributed by atoms with E-state index in [0.717, 1.165) is 16.4 Å². The van der Waals surface area contributed by atoms with Crippen LogP contribution in [0.15, 0.2) is 28.0 Å². The Bertz CT molecular complexity index is 368. The molecule has 1 aromatic rings. The van der Waals surface area contributed by atoms with Gasteiger partial charge in [0.05, 0.1) is 4.90 Å². The first kappa shape index (κ1) is 11.4. The fourth-order valence-electron chi connectivity index (χ4n) is 1.61. The molecule has 0 aliphatic carbocycles. The first-order chi connectivity index (χ1) is 6.98. The average molecular weight is 240 g/mol. The van der Waals surface area contributed by atoms with Gasteiger partial charge in [0.25, 0.3) is 0 Å². The lowest BCUT2D eigenvalue weighted by Gasteiger charge is -2.23. The van der Waals surface area contributed by atoms with Crippen LogP contribution in [0.25, 0.3) is 0 Å². The van der Waals surface area contributed by atoms with Gasteiger partial charge in [-0.2, -0.15) is 0 Å². The van der Waals surface area contributed by atoms with Crippen LogP contribution in [-0.2, 0) is 16.6 Å². The highest BCUT2D eigenvalue weighted by atomic mass is 32.2. The van der Waals surface area contributed by atoms with Crippen LogP contribution in [0.5, 0.6) is 0 Å². The molecule has 0 saturated heterocycles. The normalized spacial score (nSPS) is 21.2. The van der Waals surface area contributed by atoms with Gasteiger partial charge in [-0.1, -0.05) is 26.8 Å². The van der Waals surface area contributed by atoms with Crippen molar-refractivity contribution in [1.29, 1.82) is 0 Å². The fourth-order valence-corrected chi connectivity index (χ4v) is 4.37. The first-order valence-corrected chi connectivity index (χ1v) is 7.44. The van der Waals surface area contributed by atoms with Crippen molar-refractivity contribution < 1.29 is 4.55 Å². The second kappa shape index (κ2) is 4.04. The van der Waals surface area contributed by atoms with Crippen LogP contribution in [0, 0.1) is 0 Å². The van der Waals surface area contributed by atoms with Crippen molar-refractivity contribution in [3.8, 4) is 0 Å². The van der Waals surface area contributed by atoms with Gasteiger partial charge in [0.1, 0.15) is 5.75 Å². The molecule has 3 heteroatoms. The molecule has 1 heterocycles. The Morgan fingerprint density at radius 2 is 2.07 bits per heavy atom. The van der Waals surface area contributed by atoms with E-state index in [2.05, 4.69) is 32.9 Å². The van der Waals surface area contributed by atoms with Crippen molar-refractivity contribution in [1.82, 2.24) is 0 Å². The third-order valence-electron chi connectivity index (χ3n) is 2.58. The van der Waals surface area contributed by atoms with Crippen LogP contribution in [0.4, 0.5) is 0 Å². The minimum Gasteiger partial charge on any atom is -0.611 e. The van der Waals surface area contributed by atoms with Gasteiger partial charge < -0.3 is 4.55 Å². The Kier molecular flexibility index (Phi) is 3.06. The number of hydrogen-bond acceptors (Lipinski definition) is 2. The van der Waals surface area contributed by atoms with E-state index >= 15 is 0 Å². The lowest BCUT2D eigenvalue weighted by atomic mass is 9.87. The third kappa shape index (κ3) is 2.35. The van der Waals surface area contributed by atoms with Crippen molar-refractivity contribution in [2.24, 2.45) is 0 Å². The summed E-state index contributed by atoms with van der Waals surface area (Å²) in [4.78, 5) is 2.24. The van der Waals surface area contributed by atoms with Crippen molar-refractivity contribution >= 4 is 22.9 Å². The summed E-state index contributed by atoms with van der Waals surface area (Å²) in [6.07, 6.45) is 0. The van der Waals surface area contributed by atoms with Crippen molar-refractivity contribution in [2.45, 2.75) is 36.0 Å². The van der Waals surface area contributed by atoms with Gasteiger partial charge >= 0.3 is 0 Å². The highest BCUT2D eigenvalue weighted by Crippen LogP contribution is 2.35. The predicted molar refractivity (Wildman–Crippen MR) is 67.1 cm³/mol. The molecule has 1 aliphatic heterocycles. The van der Waals surface area contributed by atoms with Gasteiger partial charge in [-0.25, -0.2) is 0 Å². The second-order valence-corrected chi connectivity index (χ2v) is 7.49. The Morgan fingerprint density at radius 3 is 2.73 bits per heavy atom. The van der Waals surface area contributed by atoms with Crippen LogP contribution in [0.1, 0.15) is 26.3 Å². The lowest BCUT2D eigenvalue weighted by molar-refractivity contribution is 0.582. The van der Waals surface area contributed by atoms with Crippen molar-refractivity contribution in [3.63, 3.8) is 0 Å². The van der Waals surface area contributed by atoms with Crippen LogP contribution in [0.2, 0.25) is 0 Å². The zero-order valence-electron chi connectivity index (χ0n) is 9.37. The molecule has 0 radical (unpaired) electrons. The quantitative estimate of drug-likeness (QED) is 0.650. The fraction of sp³-hybridized carbons (Fsp3) is 0.500. The molecule has 0 spiro atoms. The van der Waals surface area contributed by atoms with Crippen LogP contribution in [0.3, 0.4) is 0 Å². The highest BCUT2D eigenvalue weighted by Gasteiger charge is 2.24. The van der Waals surface area contributed by atoms with E-state index in [4.69, 9.17) is 0 Å². The molecule has 1 aromatic carbocycles. The molecule has 0 amide bonds. The summed E-state index contributed by atoms with van der Waals surface area (Å²) >= 11 is 1.06. The van der Waals surface area contributed by atoms with Crippen LogP contribution >= 0.6 is 11.8 Å². The van der Waals surface area contributed by atoms with E-state index in [0.29, 0.717) is 0 Å². The summed E-state index contributed by atoms with van der Waals surface area (Å²) < 4.78 is 11.7. The van der Waals surface area contributed by atoms with Crippen molar-refractivity contribution in [3.05, 3.63) is 23.8 Å². The molecular weight excluding hydrogens is 224 g/mol. The summed E-state index contributed by atoms with van der Waals surface area (Å²) in [6.45, 7) is 6.62. The summed E-state index contributed by atoms with van der Waals surface area (Å²) in [5, 5.41) is 0. The summed E-state index contributed by atoms with van der Waals surface area (Å²) in [6, 6.07) is 6.36. The lowest BCUT2D eigenvalue weighted by Crippen LogP contribution is -2.17. The van der Waals surface area contributed by atoms with Gasteiger partial charge in [0.15, 0.2) is 4.90 Å². The van der Waals surface area contributed by atoms with E-state index in [1.54, 1.807) is 0 Å². The molecule has 1 aliphatic rings. The Labute approximate surface area is 98.8 Å². The van der Waals surface area contributed by atoms with Crippen LogP contribution < -0.4 is 0 Å². The summed E-state index contributed by atoms with van der Waals surface area (Å²) in [5.74, 6) is 1.78. The molecule has 2 rings (SSSR count). The molecule has 0 N–H and O–H groups in total. The third-order valence-corrected chi connectivity index (χ3v) is 5.45. The molecule has 0 aromatic heterocycles. The minimum atomic E-state index is -0.771. The van der Waals surface area contributed by atoms with Gasteiger partial charge in [-0.05, 0) is 34.3 Å². The number of hydrogen-bond donors (Lipinski definition) is 0. The molecule has 1 atom stereocenters. The first-order valence-electron chi connectivity index (χ1n) is 5.14. The summed E-state index contributed by atoms with van der Waals surface area (Å²) in [7, 11) is 0. The van der Waals surface area contributed by atoms with E-state index < -0.39 is 11.2 Å². The standard InChI is InChI=1S/C12H16OS2/c1-12(2,3)9-4-5-11-10(8-9)14-6-7-15(11)13/h4-5,8H,6-7H2,1-3H3. The molecule has 0 saturated carbocycles. The molecule has 15 heavy (non-hydrogen) atoms. The maximum absolute atomic E-state index is 11.7. The van der Waals surface area contributed by atoms with Gasteiger partial charge in [0, 0.05) is 5.75 Å². The maximum Gasteiger partial charge on any atom is 0.166 e. The maximum atomic E-state index is 11.7. The van der Waals surface area contributed by atoms with E-state index in [1.165, 1.54) is 10.5 Å².